The third-order valence-electron chi connectivity index (χ3n) is 1.29. The average molecular weight is 253 g/mol. The lowest BCUT2D eigenvalue weighted by Gasteiger charge is -1.98. The topological polar surface area (TPSA) is 29.5 Å². The predicted molar refractivity (Wildman–Crippen MR) is 45.8 cm³/mol. The molecule has 1 aliphatic heterocycles. The number of rotatable bonds is 0. The van der Waals surface area contributed by atoms with Crippen LogP contribution in [-0.4, -0.2) is 24.6 Å². The average Bonchev–Trinajstić information content (AvgIpc) is 2.13. The van der Waals surface area contributed by atoms with Gasteiger partial charge < -0.3 is 9.64 Å². The zero-order valence-corrected chi connectivity index (χ0v) is 8.01. The highest BCUT2D eigenvalue weighted by Gasteiger charge is 2.23. The minimum Gasteiger partial charge on any atom is -0.412 e. The summed E-state index contributed by atoms with van der Waals surface area (Å²) in [6.07, 6.45) is -0.258. The molecule has 1 heterocycles. The minimum atomic E-state index is -0.258. The van der Waals surface area contributed by atoms with Gasteiger partial charge >= 0.3 is 6.09 Å². The summed E-state index contributed by atoms with van der Waals surface area (Å²) in [5.74, 6) is 0.771. The molecule has 4 heteroatoms. The van der Waals surface area contributed by atoms with Crippen molar-refractivity contribution < 1.29 is 9.53 Å². The van der Waals surface area contributed by atoms with Gasteiger partial charge in [-0.15, -0.1) is 0 Å². The number of amides is 1. The molecule has 0 aromatic rings. The van der Waals surface area contributed by atoms with E-state index in [9.17, 15) is 4.79 Å². The van der Waals surface area contributed by atoms with Crippen LogP contribution in [0.4, 0.5) is 4.79 Å². The highest BCUT2D eigenvalue weighted by atomic mass is 127. The van der Waals surface area contributed by atoms with Crippen LogP contribution in [0, 0.1) is 0 Å². The van der Waals surface area contributed by atoms with Crippen molar-refractivity contribution in [3.63, 3.8) is 0 Å². The van der Waals surface area contributed by atoms with Crippen LogP contribution >= 0.6 is 22.6 Å². The number of hydrogen-bond donors (Lipinski definition) is 0. The molecule has 1 rings (SSSR count). The maximum Gasteiger partial charge on any atom is 0.415 e. The van der Waals surface area contributed by atoms with Gasteiger partial charge in [-0.2, -0.15) is 0 Å². The third kappa shape index (κ3) is 1.42. The Labute approximate surface area is 73.2 Å². The molecule has 1 saturated heterocycles. The maximum atomic E-state index is 10.8. The van der Waals surface area contributed by atoms with Crippen molar-refractivity contribution in [3.8, 4) is 0 Å². The van der Waals surface area contributed by atoms with E-state index in [1.165, 1.54) is 4.90 Å². The number of ether oxygens (including phenoxy) is 1. The van der Waals surface area contributed by atoms with Gasteiger partial charge in [0.2, 0.25) is 0 Å². The number of carbonyl (C=O) groups is 1. The second-order valence-electron chi connectivity index (χ2n) is 2.18. The summed E-state index contributed by atoms with van der Waals surface area (Å²) in [6, 6.07) is 0. The van der Waals surface area contributed by atoms with Gasteiger partial charge in [-0.05, 0) is 29.5 Å². The first-order valence-corrected chi connectivity index (χ1v) is 3.97. The normalized spacial score (nSPS) is 23.1. The van der Waals surface area contributed by atoms with Crippen molar-refractivity contribution in [3.05, 3.63) is 9.34 Å². The van der Waals surface area contributed by atoms with Crippen LogP contribution in [0.15, 0.2) is 9.34 Å². The van der Waals surface area contributed by atoms with Crippen molar-refractivity contribution in [2.24, 2.45) is 0 Å². The zero-order valence-electron chi connectivity index (χ0n) is 5.85. The monoisotopic (exact) mass is 253 g/mol. The Bertz CT molecular complexity index is 196. The van der Waals surface area contributed by atoms with Crippen LogP contribution in [0.1, 0.15) is 6.92 Å². The molecular formula is C6H8INO2. The first-order chi connectivity index (χ1) is 4.61. The Hall–Kier alpha value is -0.260. The molecule has 0 atom stereocenters. The van der Waals surface area contributed by atoms with E-state index in [0.717, 1.165) is 9.34 Å². The van der Waals surface area contributed by atoms with Crippen molar-refractivity contribution in [1.82, 2.24) is 4.90 Å². The summed E-state index contributed by atoms with van der Waals surface area (Å²) in [4.78, 5) is 12.3. The molecule has 3 nitrogen and oxygen atoms in total. The summed E-state index contributed by atoms with van der Waals surface area (Å²) in [6.45, 7) is 2.52. The summed E-state index contributed by atoms with van der Waals surface area (Å²) < 4.78 is 5.93. The highest BCUT2D eigenvalue weighted by molar-refractivity contribution is 14.1. The van der Waals surface area contributed by atoms with E-state index in [1.54, 1.807) is 7.05 Å². The fourth-order valence-corrected chi connectivity index (χ4v) is 0.955. The molecule has 56 valence electrons. The van der Waals surface area contributed by atoms with Crippen LogP contribution in [0.5, 0.6) is 0 Å². The van der Waals surface area contributed by atoms with Crippen molar-refractivity contribution in [2.75, 3.05) is 13.6 Å². The van der Waals surface area contributed by atoms with Gasteiger partial charge in [0.05, 0.1) is 6.54 Å². The molecule has 0 spiro atoms. The Morgan fingerprint density at radius 3 is 2.60 bits per heavy atom. The standard InChI is InChI=1S/C6H8INO2/c1-4(7)5-3-8(2)6(9)10-5/h3H2,1-2H3/b5-4+. The number of nitrogens with zero attached hydrogens (tertiary/aromatic N) is 1. The molecule has 1 aliphatic rings. The molecule has 0 aromatic carbocycles. The van der Waals surface area contributed by atoms with Gasteiger partial charge in [0.15, 0.2) is 0 Å². The van der Waals surface area contributed by atoms with Gasteiger partial charge in [0.25, 0.3) is 0 Å². The zero-order chi connectivity index (χ0) is 7.72. The first kappa shape index (κ1) is 7.84. The van der Waals surface area contributed by atoms with Crippen LogP contribution in [0.2, 0.25) is 0 Å². The molecule has 1 fully saturated rings. The van der Waals surface area contributed by atoms with Gasteiger partial charge in [0, 0.05) is 10.6 Å². The molecular weight excluding hydrogens is 245 g/mol. The number of allylic oxidation sites excluding steroid dienone is 1. The number of halogens is 1. The molecule has 0 N–H and O–H groups in total. The number of hydrogen-bond acceptors (Lipinski definition) is 2. The second-order valence-corrected chi connectivity index (χ2v) is 3.80. The summed E-state index contributed by atoms with van der Waals surface area (Å²) >= 11 is 2.14. The van der Waals surface area contributed by atoms with E-state index in [4.69, 9.17) is 4.74 Å². The molecule has 0 aromatic heterocycles. The van der Waals surface area contributed by atoms with Crippen molar-refractivity contribution >= 4 is 28.7 Å². The lowest BCUT2D eigenvalue weighted by atomic mass is 10.5. The number of carbonyl (C=O) groups excluding carboxylic acids is 1. The Balaban J connectivity index is 2.76. The van der Waals surface area contributed by atoms with Gasteiger partial charge in [-0.1, -0.05) is 0 Å². The van der Waals surface area contributed by atoms with E-state index >= 15 is 0 Å². The van der Waals surface area contributed by atoms with Crippen LogP contribution < -0.4 is 0 Å². The molecule has 0 radical (unpaired) electrons. The van der Waals surface area contributed by atoms with Gasteiger partial charge in [-0.3, -0.25) is 0 Å². The molecule has 0 unspecified atom stereocenters. The molecule has 1 amide bonds. The minimum absolute atomic E-state index is 0.258. The van der Waals surface area contributed by atoms with Crippen LogP contribution in [-0.2, 0) is 4.74 Å². The Morgan fingerprint density at radius 2 is 2.40 bits per heavy atom. The van der Waals surface area contributed by atoms with Gasteiger partial charge in [-0.25, -0.2) is 4.79 Å². The third-order valence-corrected chi connectivity index (χ3v) is 1.89. The largest absolute Gasteiger partial charge is 0.415 e. The Kier molecular flexibility index (Phi) is 2.18. The fraction of sp³-hybridized carbons (Fsp3) is 0.500. The van der Waals surface area contributed by atoms with Crippen molar-refractivity contribution in [2.45, 2.75) is 6.92 Å². The number of cyclic esters (lactones) is 1. The van der Waals surface area contributed by atoms with E-state index in [-0.39, 0.29) is 6.09 Å². The predicted octanol–water partition coefficient (Wildman–Crippen LogP) is 1.73. The van der Waals surface area contributed by atoms with Crippen LogP contribution in [0.3, 0.4) is 0 Å². The molecule has 0 aliphatic carbocycles. The van der Waals surface area contributed by atoms with Crippen molar-refractivity contribution in [1.29, 1.82) is 0 Å². The van der Waals surface area contributed by atoms with E-state index in [2.05, 4.69) is 22.6 Å². The SMILES string of the molecule is C/C(I)=C1/CN(C)C(=O)O1. The van der Waals surface area contributed by atoms with E-state index in [0.29, 0.717) is 6.54 Å². The Morgan fingerprint density at radius 1 is 1.80 bits per heavy atom. The first-order valence-electron chi connectivity index (χ1n) is 2.89. The lowest BCUT2D eigenvalue weighted by molar-refractivity contribution is 0.175. The van der Waals surface area contributed by atoms with Gasteiger partial charge in [0.1, 0.15) is 5.76 Å². The van der Waals surface area contributed by atoms with Crippen LogP contribution in [0.25, 0.3) is 0 Å². The second kappa shape index (κ2) is 2.77. The summed E-state index contributed by atoms with van der Waals surface area (Å²) in [5, 5.41) is 0. The smallest absolute Gasteiger partial charge is 0.412 e. The van der Waals surface area contributed by atoms with E-state index < -0.39 is 0 Å². The quantitative estimate of drug-likeness (QED) is 0.615. The fourth-order valence-electron chi connectivity index (χ4n) is 0.675. The lowest BCUT2D eigenvalue weighted by Crippen LogP contribution is -2.17. The summed E-state index contributed by atoms with van der Waals surface area (Å²) in [5.41, 5.74) is 0. The maximum absolute atomic E-state index is 10.8. The van der Waals surface area contributed by atoms with E-state index in [1.807, 2.05) is 6.92 Å². The number of likely N-dealkylation sites (N-methyl/N-ethyl adjacent to an activating group) is 1. The highest BCUT2D eigenvalue weighted by Crippen LogP contribution is 2.19. The molecule has 0 saturated carbocycles. The summed E-state index contributed by atoms with van der Waals surface area (Å²) in [7, 11) is 1.72. The molecule has 10 heavy (non-hydrogen) atoms. The molecule has 0 bridgehead atoms.